The molecule has 1 aliphatic rings. The van der Waals surface area contributed by atoms with Crippen LogP contribution in [0, 0.1) is 10.1 Å². The summed E-state index contributed by atoms with van der Waals surface area (Å²) in [6.45, 7) is 1.16. The molecule has 0 aromatic heterocycles. The lowest BCUT2D eigenvalue weighted by Gasteiger charge is -2.19. The van der Waals surface area contributed by atoms with E-state index in [2.05, 4.69) is 0 Å². The number of nitro benzene ring substituents is 1. The molecular formula is C9H10BNO4. The molecule has 0 aliphatic carbocycles. The highest BCUT2D eigenvalue weighted by Gasteiger charge is 2.31. The first-order valence-electron chi connectivity index (χ1n) is 4.75. The van der Waals surface area contributed by atoms with Crippen LogP contribution in [0.4, 0.5) is 5.69 Å². The maximum atomic E-state index is 10.8. The maximum absolute atomic E-state index is 10.8. The second-order valence-electron chi connectivity index (χ2n) is 3.24. The molecule has 0 unspecified atom stereocenters. The molecule has 78 valence electrons. The van der Waals surface area contributed by atoms with Gasteiger partial charge < -0.3 is 9.31 Å². The van der Waals surface area contributed by atoms with Crippen molar-refractivity contribution < 1.29 is 14.2 Å². The van der Waals surface area contributed by atoms with Crippen molar-refractivity contribution in [3.8, 4) is 0 Å². The smallest absolute Gasteiger partial charge is 0.407 e. The molecule has 1 aromatic rings. The van der Waals surface area contributed by atoms with Crippen molar-refractivity contribution in [1.29, 1.82) is 0 Å². The third-order valence-electron chi connectivity index (χ3n) is 2.21. The highest BCUT2D eigenvalue weighted by Crippen LogP contribution is 2.11. The van der Waals surface area contributed by atoms with E-state index in [0.29, 0.717) is 18.7 Å². The number of para-hydroxylation sites is 1. The molecule has 5 nitrogen and oxygen atoms in total. The summed E-state index contributed by atoms with van der Waals surface area (Å²) in [4.78, 5) is 10.3. The van der Waals surface area contributed by atoms with Gasteiger partial charge >= 0.3 is 7.12 Å². The van der Waals surface area contributed by atoms with Crippen LogP contribution in [0.5, 0.6) is 0 Å². The SMILES string of the molecule is O=[N+]([O-])c1ccccc1B1OCCCO1. The summed E-state index contributed by atoms with van der Waals surface area (Å²) in [5.41, 5.74) is 0.534. The van der Waals surface area contributed by atoms with Gasteiger partial charge in [-0.05, 0) is 6.42 Å². The predicted octanol–water partition coefficient (Wildman–Crippen LogP) is 0.727. The molecule has 0 bridgehead atoms. The Morgan fingerprint density at radius 1 is 1.27 bits per heavy atom. The number of nitro groups is 1. The lowest BCUT2D eigenvalue weighted by Crippen LogP contribution is -2.41. The van der Waals surface area contributed by atoms with E-state index in [4.69, 9.17) is 9.31 Å². The fourth-order valence-electron chi connectivity index (χ4n) is 1.52. The summed E-state index contributed by atoms with van der Waals surface area (Å²) in [6.07, 6.45) is 0.830. The van der Waals surface area contributed by atoms with Gasteiger partial charge in [0.2, 0.25) is 0 Å². The zero-order chi connectivity index (χ0) is 10.7. The van der Waals surface area contributed by atoms with Crippen LogP contribution < -0.4 is 5.46 Å². The van der Waals surface area contributed by atoms with Crippen molar-refractivity contribution in [1.82, 2.24) is 0 Å². The van der Waals surface area contributed by atoms with E-state index in [1.807, 2.05) is 0 Å². The second kappa shape index (κ2) is 4.42. The zero-order valence-corrected chi connectivity index (χ0v) is 8.09. The number of rotatable bonds is 2. The van der Waals surface area contributed by atoms with Crippen LogP contribution in [0.3, 0.4) is 0 Å². The monoisotopic (exact) mass is 207 g/mol. The number of nitrogens with zero attached hydrogens (tertiary/aromatic N) is 1. The first kappa shape index (κ1) is 10.1. The van der Waals surface area contributed by atoms with Gasteiger partial charge in [0, 0.05) is 19.3 Å². The molecule has 0 spiro atoms. The molecule has 1 saturated heterocycles. The maximum Gasteiger partial charge on any atom is 0.500 e. The molecule has 0 radical (unpaired) electrons. The van der Waals surface area contributed by atoms with Gasteiger partial charge in [0.25, 0.3) is 5.69 Å². The Morgan fingerprint density at radius 2 is 1.93 bits per heavy atom. The van der Waals surface area contributed by atoms with Gasteiger partial charge in [-0.1, -0.05) is 18.2 Å². The topological polar surface area (TPSA) is 61.6 Å². The van der Waals surface area contributed by atoms with Gasteiger partial charge in [0.05, 0.1) is 10.4 Å². The molecule has 1 fully saturated rings. The summed E-state index contributed by atoms with van der Waals surface area (Å²) in [5, 5.41) is 10.8. The van der Waals surface area contributed by atoms with E-state index in [-0.39, 0.29) is 5.69 Å². The largest absolute Gasteiger partial charge is 0.500 e. The summed E-state index contributed by atoms with van der Waals surface area (Å²) >= 11 is 0. The first-order valence-corrected chi connectivity index (χ1v) is 4.75. The number of benzene rings is 1. The lowest BCUT2D eigenvalue weighted by atomic mass is 9.77. The second-order valence-corrected chi connectivity index (χ2v) is 3.24. The van der Waals surface area contributed by atoms with Gasteiger partial charge in [0.1, 0.15) is 0 Å². The van der Waals surface area contributed by atoms with Crippen LogP contribution in [0.25, 0.3) is 0 Å². The molecule has 1 heterocycles. The van der Waals surface area contributed by atoms with Crippen molar-refractivity contribution in [2.24, 2.45) is 0 Å². The molecule has 0 saturated carbocycles. The molecule has 0 N–H and O–H groups in total. The third kappa shape index (κ3) is 2.16. The van der Waals surface area contributed by atoms with E-state index < -0.39 is 12.0 Å². The molecule has 0 atom stereocenters. The summed E-state index contributed by atoms with van der Waals surface area (Å²) in [7, 11) is -0.597. The molecule has 15 heavy (non-hydrogen) atoms. The summed E-state index contributed by atoms with van der Waals surface area (Å²) < 4.78 is 10.7. The average molecular weight is 207 g/mol. The van der Waals surface area contributed by atoms with Crippen LogP contribution >= 0.6 is 0 Å². The normalized spacial score (nSPS) is 16.4. The van der Waals surface area contributed by atoms with Crippen LogP contribution in [0.15, 0.2) is 24.3 Å². The van der Waals surface area contributed by atoms with Gasteiger partial charge in [-0.3, -0.25) is 10.1 Å². The zero-order valence-electron chi connectivity index (χ0n) is 8.09. The summed E-state index contributed by atoms with van der Waals surface area (Å²) in [5.74, 6) is 0. The summed E-state index contributed by atoms with van der Waals surface area (Å²) in [6, 6.07) is 6.49. The Bertz CT molecular complexity index is 365. The standard InChI is InChI=1S/C9H10BNO4/c12-11(13)9-5-2-1-4-8(9)10-14-6-3-7-15-10/h1-2,4-5H,3,6-7H2. The Morgan fingerprint density at radius 3 is 2.60 bits per heavy atom. The van der Waals surface area contributed by atoms with Crippen LogP contribution in [0.1, 0.15) is 6.42 Å². The van der Waals surface area contributed by atoms with Crippen LogP contribution in [0.2, 0.25) is 0 Å². The number of hydrogen-bond acceptors (Lipinski definition) is 4. The van der Waals surface area contributed by atoms with Crippen molar-refractivity contribution in [2.75, 3.05) is 13.2 Å². The minimum absolute atomic E-state index is 0.0457. The van der Waals surface area contributed by atoms with Crippen LogP contribution in [-0.4, -0.2) is 25.3 Å². The van der Waals surface area contributed by atoms with E-state index in [1.54, 1.807) is 18.2 Å². The highest BCUT2D eigenvalue weighted by atomic mass is 16.6. The van der Waals surface area contributed by atoms with Gasteiger partial charge in [-0.25, -0.2) is 0 Å². The van der Waals surface area contributed by atoms with Gasteiger partial charge in [-0.2, -0.15) is 0 Å². The molecule has 1 aliphatic heterocycles. The van der Waals surface area contributed by atoms with Crippen LogP contribution in [-0.2, 0) is 9.31 Å². The average Bonchev–Trinajstić information content (AvgIpc) is 2.30. The third-order valence-corrected chi connectivity index (χ3v) is 2.21. The predicted molar refractivity (Wildman–Crippen MR) is 55.0 cm³/mol. The first-order chi connectivity index (χ1) is 7.29. The minimum Gasteiger partial charge on any atom is -0.407 e. The minimum atomic E-state index is -0.597. The highest BCUT2D eigenvalue weighted by molar-refractivity contribution is 6.62. The molecule has 1 aromatic carbocycles. The fourth-order valence-corrected chi connectivity index (χ4v) is 1.52. The van der Waals surface area contributed by atoms with Gasteiger partial charge in [-0.15, -0.1) is 0 Å². The Balaban J connectivity index is 2.29. The Hall–Kier alpha value is -1.40. The van der Waals surface area contributed by atoms with E-state index in [0.717, 1.165) is 6.42 Å². The van der Waals surface area contributed by atoms with Crippen molar-refractivity contribution in [2.45, 2.75) is 6.42 Å². The van der Waals surface area contributed by atoms with Crippen molar-refractivity contribution >= 4 is 18.3 Å². The quantitative estimate of drug-likeness (QED) is 0.407. The molecular weight excluding hydrogens is 197 g/mol. The lowest BCUT2D eigenvalue weighted by molar-refractivity contribution is -0.383. The molecule has 2 rings (SSSR count). The molecule has 6 heteroatoms. The Kier molecular flexibility index (Phi) is 2.98. The van der Waals surface area contributed by atoms with Crippen molar-refractivity contribution in [3.63, 3.8) is 0 Å². The molecule has 0 amide bonds. The fraction of sp³-hybridized carbons (Fsp3) is 0.333. The Labute approximate surface area is 87.3 Å². The van der Waals surface area contributed by atoms with Crippen molar-refractivity contribution in [3.05, 3.63) is 34.4 Å². The van der Waals surface area contributed by atoms with E-state index >= 15 is 0 Å². The number of hydrogen-bond donors (Lipinski definition) is 0. The van der Waals surface area contributed by atoms with E-state index in [9.17, 15) is 10.1 Å². The van der Waals surface area contributed by atoms with E-state index in [1.165, 1.54) is 6.07 Å². The van der Waals surface area contributed by atoms with Gasteiger partial charge in [0.15, 0.2) is 0 Å².